The number of aliphatic imine (C=N–C) groups is 1. The van der Waals surface area contributed by atoms with Crippen molar-refractivity contribution in [1.29, 1.82) is 0 Å². The Hall–Kier alpha value is -1.96. The van der Waals surface area contributed by atoms with E-state index in [0.29, 0.717) is 5.56 Å². The first-order valence-electron chi connectivity index (χ1n) is 7.25. The lowest BCUT2D eigenvalue weighted by molar-refractivity contribution is 0.220. The van der Waals surface area contributed by atoms with Gasteiger partial charge in [0.15, 0.2) is 0 Å². The molecule has 2 aromatic rings. The van der Waals surface area contributed by atoms with Gasteiger partial charge in [-0.1, -0.05) is 35.9 Å². The topological polar surface area (TPSA) is 12.4 Å². The molecular weight excluding hydrogens is 261 g/mol. The number of nitrogens with zero attached hydrogens (tertiary/aromatic N) is 1. The Bertz CT molecular complexity index is 621. The maximum Gasteiger partial charge on any atom is 0.130 e. The van der Waals surface area contributed by atoms with Gasteiger partial charge >= 0.3 is 0 Å². The third-order valence-corrected chi connectivity index (χ3v) is 3.72. The summed E-state index contributed by atoms with van der Waals surface area (Å²) in [5.74, 6) is 0. The molecule has 0 aliphatic rings. The molecule has 2 rings (SSSR count). The molecule has 2 heteroatoms. The summed E-state index contributed by atoms with van der Waals surface area (Å²) in [4.78, 5) is 3.90. The van der Waals surface area contributed by atoms with Crippen molar-refractivity contribution in [3.8, 4) is 0 Å². The molecule has 0 amide bonds. The minimum absolute atomic E-state index is 0.708. The first-order chi connectivity index (χ1) is 9.90. The van der Waals surface area contributed by atoms with Crippen LogP contribution in [-0.2, 0) is 18.5 Å². The van der Waals surface area contributed by atoms with E-state index in [1.807, 2.05) is 12.1 Å². The predicted octanol–water partition coefficient (Wildman–Crippen LogP) is 5.32. The van der Waals surface area contributed by atoms with Gasteiger partial charge in [0.05, 0.1) is 5.69 Å². The molecule has 0 bridgehead atoms. The summed E-state index contributed by atoms with van der Waals surface area (Å²) in [6.45, 7) is 8.77. The van der Waals surface area contributed by atoms with Crippen LogP contribution in [-0.4, -0.2) is 6.72 Å². The third kappa shape index (κ3) is 4.01. The van der Waals surface area contributed by atoms with Gasteiger partial charge in [-0.25, -0.2) is 4.39 Å². The van der Waals surface area contributed by atoms with E-state index in [9.17, 15) is 4.39 Å². The molecule has 0 spiro atoms. The molecule has 0 heterocycles. The first-order valence-corrected chi connectivity index (χ1v) is 7.25. The summed E-state index contributed by atoms with van der Waals surface area (Å²) in [7, 11) is 0. The Morgan fingerprint density at radius 3 is 2.29 bits per heavy atom. The summed E-state index contributed by atoms with van der Waals surface area (Å²) < 4.78 is 14.4. The van der Waals surface area contributed by atoms with Gasteiger partial charge in [-0.05, 0) is 69.2 Å². The average molecular weight is 283 g/mol. The average Bonchev–Trinajstić information content (AvgIpc) is 2.45. The van der Waals surface area contributed by atoms with Gasteiger partial charge in [0.2, 0.25) is 0 Å². The Kier molecular flexibility index (Phi) is 4.56. The quantitative estimate of drug-likeness (QED) is 0.659. The largest absolute Gasteiger partial charge is 0.265 e. The monoisotopic (exact) mass is 283 g/mol. The standard InChI is InChI=1S/C19H22FN/c1-14-5-7-15(8-6-14)9-10-16-11-12-17(21-4)13-18(16)19(2,3)20/h5-8,11-13H,4,9-10H2,1-3H3. The normalized spacial score (nSPS) is 11.4. The van der Waals surface area contributed by atoms with Crippen LogP contribution in [0.2, 0.25) is 0 Å². The summed E-state index contributed by atoms with van der Waals surface area (Å²) >= 11 is 0. The maximum absolute atomic E-state index is 14.4. The Morgan fingerprint density at radius 2 is 1.71 bits per heavy atom. The van der Waals surface area contributed by atoms with Gasteiger partial charge < -0.3 is 0 Å². The first kappa shape index (κ1) is 15.4. The van der Waals surface area contributed by atoms with Crippen LogP contribution in [0.1, 0.15) is 36.1 Å². The fourth-order valence-corrected chi connectivity index (χ4v) is 2.47. The van der Waals surface area contributed by atoms with E-state index in [1.165, 1.54) is 11.1 Å². The summed E-state index contributed by atoms with van der Waals surface area (Å²) in [6, 6.07) is 14.2. The molecule has 0 saturated heterocycles. The fraction of sp³-hybridized carbons (Fsp3) is 0.316. The molecule has 21 heavy (non-hydrogen) atoms. The second-order valence-electron chi connectivity index (χ2n) is 5.96. The summed E-state index contributed by atoms with van der Waals surface area (Å²) in [6.07, 6.45) is 1.73. The summed E-state index contributed by atoms with van der Waals surface area (Å²) in [5, 5.41) is 0. The minimum atomic E-state index is -1.37. The van der Waals surface area contributed by atoms with E-state index in [-0.39, 0.29) is 0 Å². The lowest BCUT2D eigenvalue weighted by atomic mass is 9.91. The number of halogens is 1. The van der Waals surface area contributed by atoms with Crippen molar-refractivity contribution >= 4 is 12.4 Å². The van der Waals surface area contributed by atoms with Crippen LogP contribution in [0.5, 0.6) is 0 Å². The zero-order chi connectivity index (χ0) is 15.5. The lowest BCUT2D eigenvalue weighted by Gasteiger charge is -2.20. The number of hydrogen-bond acceptors (Lipinski definition) is 1. The molecule has 0 N–H and O–H groups in total. The zero-order valence-electron chi connectivity index (χ0n) is 13.0. The van der Waals surface area contributed by atoms with Crippen molar-refractivity contribution in [2.45, 2.75) is 39.3 Å². The Labute approximate surface area is 126 Å². The second-order valence-corrected chi connectivity index (χ2v) is 5.96. The molecule has 1 nitrogen and oxygen atoms in total. The molecule has 0 atom stereocenters. The molecular formula is C19H22FN. The highest BCUT2D eigenvalue weighted by Gasteiger charge is 2.22. The SMILES string of the molecule is C=Nc1ccc(CCc2ccc(C)cc2)c(C(C)(C)F)c1. The van der Waals surface area contributed by atoms with Crippen molar-refractivity contribution in [2.75, 3.05) is 0 Å². The molecule has 0 fully saturated rings. The third-order valence-electron chi connectivity index (χ3n) is 3.72. The van der Waals surface area contributed by atoms with E-state index in [2.05, 4.69) is 42.9 Å². The van der Waals surface area contributed by atoms with Crippen molar-refractivity contribution in [3.63, 3.8) is 0 Å². The van der Waals surface area contributed by atoms with Gasteiger partial charge in [-0.2, -0.15) is 0 Å². The zero-order valence-corrected chi connectivity index (χ0v) is 13.0. The second kappa shape index (κ2) is 6.21. The smallest absolute Gasteiger partial charge is 0.130 e. The highest BCUT2D eigenvalue weighted by atomic mass is 19.1. The van der Waals surface area contributed by atoms with Gasteiger partial charge in [-0.3, -0.25) is 4.99 Å². The summed E-state index contributed by atoms with van der Waals surface area (Å²) in [5.41, 5.74) is 3.62. The van der Waals surface area contributed by atoms with Crippen LogP contribution in [0.4, 0.5) is 10.1 Å². The number of benzene rings is 2. The lowest BCUT2D eigenvalue weighted by Crippen LogP contribution is -2.13. The van der Waals surface area contributed by atoms with Crippen LogP contribution in [0, 0.1) is 6.92 Å². The maximum atomic E-state index is 14.4. The van der Waals surface area contributed by atoms with E-state index in [4.69, 9.17) is 0 Å². The van der Waals surface area contributed by atoms with Crippen LogP contribution < -0.4 is 0 Å². The number of hydrogen-bond donors (Lipinski definition) is 0. The number of rotatable bonds is 5. The van der Waals surface area contributed by atoms with Crippen molar-refractivity contribution in [2.24, 2.45) is 4.99 Å². The molecule has 0 aromatic heterocycles. The van der Waals surface area contributed by atoms with E-state index < -0.39 is 5.67 Å². The molecule has 0 radical (unpaired) electrons. The molecule has 0 saturated carbocycles. The molecule has 0 aliphatic heterocycles. The van der Waals surface area contributed by atoms with Crippen molar-refractivity contribution in [3.05, 3.63) is 64.7 Å². The van der Waals surface area contributed by atoms with Crippen LogP contribution in [0.25, 0.3) is 0 Å². The van der Waals surface area contributed by atoms with Gasteiger partial charge in [0, 0.05) is 0 Å². The molecule has 2 aromatic carbocycles. The van der Waals surface area contributed by atoms with Gasteiger partial charge in [0.1, 0.15) is 5.67 Å². The van der Waals surface area contributed by atoms with Gasteiger partial charge in [0.25, 0.3) is 0 Å². The Morgan fingerprint density at radius 1 is 1.05 bits per heavy atom. The highest BCUT2D eigenvalue weighted by molar-refractivity contribution is 5.50. The predicted molar refractivity (Wildman–Crippen MR) is 88.4 cm³/mol. The van der Waals surface area contributed by atoms with Crippen molar-refractivity contribution < 1.29 is 4.39 Å². The Balaban J connectivity index is 2.23. The van der Waals surface area contributed by atoms with E-state index in [1.54, 1.807) is 19.9 Å². The van der Waals surface area contributed by atoms with Crippen LogP contribution in [0.3, 0.4) is 0 Å². The van der Waals surface area contributed by atoms with Crippen molar-refractivity contribution in [1.82, 2.24) is 0 Å². The number of aryl methyl sites for hydroxylation is 3. The molecule has 110 valence electrons. The van der Waals surface area contributed by atoms with E-state index in [0.717, 1.165) is 24.1 Å². The fourth-order valence-electron chi connectivity index (χ4n) is 2.47. The molecule has 0 unspecified atom stereocenters. The van der Waals surface area contributed by atoms with Crippen LogP contribution in [0.15, 0.2) is 47.5 Å². The van der Waals surface area contributed by atoms with Crippen LogP contribution >= 0.6 is 0 Å². The van der Waals surface area contributed by atoms with Gasteiger partial charge in [-0.15, -0.1) is 0 Å². The molecule has 0 aliphatic carbocycles. The number of alkyl halides is 1. The minimum Gasteiger partial charge on any atom is -0.265 e. The van der Waals surface area contributed by atoms with E-state index >= 15 is 0 Å². The highest BCUT2D eigenvalue weighted by Crippen LogP contribution is 2.31.